The van der Waals surface area contributed by atoms with Gasteiger partial charge in [0, 0.05) is 6.26 Å². The number of para-hydroxylation sites is 1. The second kappa shape index (κ2) is 5.48. The molecule has 1 N–H and O–H groups in total. The summed E-state index contributed by atoms with van der Waals surface area (Å²) in [5.41, 5.74) is 1.20. The summed E-state index contributed by atoms with van der Waals surface area (Å²) in [6.07, 6.45) is 3.06. The van der Waals surface area contributed by atoms with Crippen LogP contribution in [0.2, 0.25) is 0 Å². The van der Waals surface area contributed by atoms with E-state index in [0.717, 1.165) is 5.69 Å². The number of rotatable bonds is 4. The lowest BCUT2D eigenvalue weighted by atomic mass is 10.1. The highest BCUT2D eigenvalue weighted by Gasteiger charge is 2.16. The molecule has 1 aromatic carbocycles. The summed E-state index contributed by atoms with van der Waals surface area (Å²) in [6.45, 7) is 6.54. The zero-order chi connectivity index (χ0) is 15.7. The van der Waals surface area contributed by atoms with Crippen LogP contribution in [0.25, 0.3) is 0 Å². The number of anilines is 1. The third-order valence-electron chi connectivity index (χ3n) is 2.97. The zero-order valence-electron chi connectivity index (χ0n) is 12.7. The van der Waals surface area contributed by atoms with E-state index < -0.39 is 9.84 Å². The van der Waals surface area contributed by atoms with Crippen molar-refractivity contribution >= 4 is 15.5 Å². The van der Waals surface area contributed by atoms with E-state index >= 15 is 0 Å². The molecule has 0 aliphatic heterocycles. The molecule has 0 radical (unpaired) electrons. The molecular formula is C14H20N4O2S. The minimum Gasteiger partial charge on any atom is -0.378 e. The van der Waals surface area contributed by atoms with Gasteiger partial charge in [-0.3, -0.25) is 0 Å². The molecule has 0 saturated carbocycles. The fraction of sp³-hybridized carbons (Fsp3) is 0.429. The van der Waals surface area contributed by atoms with Crippen LogP contribution in [0.3, 0.4) is 0 Å². The van der Waals surface area contributed by atoms with E-state index in [1.165, 1.54) is 6.26 Å². The summed E-state index contributed by atoms with van der Waals surface area (Å²) in [4.78, 5) is 0.285. The maximum atomic E-state index is 11.7. The zero-order valence-corrected chi connectivity index (χ0v) is 13.5. The molecule has 0 unspecified atom stereocenters. The molecule has 2 rings (SSSR count). The first kappa shape index (κ1) is 15.5. The molecule has 1 aromatic heterocycles. The Balaban J connectivity index is 2.16. The van der Waals surface area contributed by atoms with Gasteiger partial charge in [-0.25, -0.2) is 13.1 Å². The number of hydrogen-bond donors (Lipinski definition) is 1. The van der Waals surface area contributed by atoms with Gasteiger partial charge < -0.3 is 5.32 Å². The summed E-state index contributed by atoms with van der Waals surface area (Å²) in [7, 11) is -3.26. The highest BCUT2D eigenvalue weighted by molar-refractivity contribution is 7.90. The van der Waals surface area contributed by atoms with Crippen molar-refractivity contribution in [3.05, 3.63) is 36.2 Å². The van der Waals surface area contributed by atoms with E-state index in [4.69, 9.17) is 0 Å². The first-order valence-corrected chi connectivity index (χ1v) is 8.52. The van der Waals surface area contributed by atoms with Crippen molar-refractivity contribution in [3.63, 3.8) is 0 Å². The molecule has 0 saturated heterocycles. The van der Waals surface area contributed by atoms with Crippen LogP contribution >= 0.6 is 0 Å². The van der Waals surface area contributed by atoms with Gasteiger partial charge in [0.15, 0.2) is 9.84 Å². The van der Waals surface area contributed by atoms with Gasteiger partial charge in [-0.05, 0) is 32.9 Å². The lowest BCUT2D eigenvalue weighted by Crippen LogP contribution is -2.22. The predicted octanol–water partition coefficient (Wildman–Crippen LogP) is 2.05. The maximum Gasteiger partial charge on any atom is 0.177 e. The lowest BCUT2D eigenvalue weighted by Gasteiger charge is -2.17. The molecule has 2 aromatic rings. The molecule has 0 spiro atoms. The van der Waals surface area contributed by atoms with Gasteiger partial charge in [0.2, 0.25) is 0 Å². The van der Waals surface area contributed by atoms with E-state index in [-0.39, 0.29) is 10.4 Å². The van der Waals surface area contributed by atoms with Crippen LogP contribution in [0.1, 0.15) is 26.5 Å². The SMILES string of the molecule is CC(C)(C)n1cc(CNc2ccccc2S(C)(=O)=O)nn1. The Labute approximate surface area is 125 Å². The molecule has 0 atom stereocenters. The van der Waals surface area contributed by atoms with Gasteiger partial charge in [0.1, 0.15) is 5.69 Å². The largest absolute Gasteiger partial charge is 0.378 e. The van der Waals surface area contributed by atoms with Crippen molar-refractivity contribution in [2.45, 2.75) is 37.8 Å². The molecule has 21 heavy (non-hydrogen) atoms. The Kier molecular flexibility index (Phi) is 4.04. The molecule has 0 bridgehead atoms. The van der Waals surface area contributed by atoms with Gasteiger partial charge >= 0.3 is 0 Å². The summed E-state index contributed by atoms with van der Waals surface area (Å²) in [5.74, 6) is 0. The number of nitrogens with zero attached hydrogens (tertiary/aromatic N) is 3. The van der Waals surface area contributed by atoms with E-state index in [2.05, 4.69) is 15.6 Å². The summed E-state index contributed by atoms with van der Waals surface area (Å²) in [6, 6.07) is 6.83. The summed E-state index contributed by atoms with van der Waals surface area (Å²) < 4.78 is 25.2. The summed E-state index contributed by atoms with van der Waals surface area (Å²) in [5, 5.41) is 11.3. The predicted molar refractivity (Wildman–Crippen MR) is 81.9 cm³/mol. The first-order valence-electron chi connectivity index (χ1n) is 6.62. The molecule has 0 fully saturated rings. The third-order valence-corrected chi connectivity index (χ3v) is 4.13. The van der Waals surface area contributed by atoms with Crippen molar-refractivity contribution < 1.29 is 8.42 Å². The molecular weight excluding hydrogens is 288 g/mol. The molecule has 6 nitrogen and oxygen atoms in total. The van der Waals surface area contributed by atoms with E-state index in [1.807, 2.05) is 27.0 Å². The minimum atomic E-state index is -3.26. The van der Waals surface area contributed by atoms with Crippen molar-refractivity contribution in [2.24, 2.45) is 0 Å². The minimum absolute atomic E-state index is 0.129. The second-order valence-corrected chi connectivity index (χ2v) is 7.93. The molecule has 114 valence electrons. The highest BCUT2D eigenvalue weighted by Crippen LogP contribution is 2.21. The Bertz CT molecular complexity index is 729. The first-order chi connectivity index (χ1) is 9.68. The Morgan fingerprint density at radius 1 is 1.24 bits per heavy atom. The molecule has 0 aliphatic rings. The van der Waals surface area contributed by atoms with E-state index in [9.17, 15) is 8.42 Å². The maximum absolute atomic E-state index is 11.7. The number of sulfone groups is 1. The number of nitrogens with one attached hydrogen (secondary N) is 1. The number of aromatic nitrogens is 3. The van der Waals surface area contributed by atoms with Crippen molar-refractivity contribution in [1.82, 2.24) is 15.0 Å². The standard InChI is InChI=1S/C14H20N4O2S/c1-14(2,3)18-10-11(16-17-18)9-15-12-7-5-6-8-13(12)21(4,19)20/h5-8,10,15H,9H2,1-4H3. The average Bonchev–Trinajstić information content (AvgIpc) is 2.84. The Morgan fingerprint density at radius 2 is 1.90 bits per heavy atom. The van der Waals surface area contributed by atoms with Crippen LogP contribution in [0, 0.1) is 0 Å². The van der Waals surface area contributed by atoms with Gasteiger partial charge in [-0.2, -0.15) is 0 Å². The van der Waals surface area contributed by atoms with Crippen LogP contribution in [0.15, 0.2) is 35.4 Å². The smallest absolute Gasteiger partial charge is 0.177 e. The third kappa shape index (κ3) is 3.81. The van der Waals surface area contributed by atoms with Gasteiger partial charge in [-0.1, -0.05) is 17.3 Å². The molecule has 7 heteroatoms. The molecule has 1 heterocycles. The van der Waals surface area contributed by atoms with Crippen molar-refractivity contribution in [2.75, 3.05) is 11.6 Å². The number of benzene rings is 1. The van der Waals surface area contributed by atoms with Crippen molar-refractivity contribution in [3.8, 4) is 0 Å². The Morgan fingerprint density at radius 3 is 2.48 bits per heavy atom. The fourth-order valence-electron chi connectivity index (χ4n) is 1.83. The van der Waals surface area contributed by atoms with Crippen molar-refractivity contribution in [1.29, 1.82) is 0 Å². The highest BCUT2D eigenvalue weighted by atomic mass is 32.2. The van der Waals surface area contributed by atoms with E-state index in [0.29, 0.717) is 12.2 Å². The fourth-order valence-corrected chi connectivity index (χ4v) is 2.69. The van der Waals surface area contributed by atoms with Crippen LogP contribution < -0.4 is 5.32 Å². The normalized spacial score (nSPS) is 12.4. The molecule has 0 aliphatic carbocycles. The lowest BCUT2D eigenvalue weighted by molar-refractivity contribution is 0.347. The quantitative estimate of drug-likeness (QED) is 0.935. The Hall–Kier alpha value is -1.89. The summed E-state index contributed by atoms with van der Waals surface area (Å²) >= 11 is 0. The van der Waals surface area contributed by atoms with Crippen LogP contribution in [-0.2, 0) is 21.9 Å². The van der Waals surface area contributed by atoms with Crippen LogP contribution in [0.4, 0.5) is 5.69 Å². The van der Waals surface area contributed by atoms with Gasteiger partial charge in [-0.15, -0.1) is 5.10 Å². The van der Waals surface area contributed by atoms with Crippen LogP contribution in [-0.4, -0.2) is 29.7 Å². The monoisotopic (exact) mass is 308 g/mol. The van der Waals surface area contributed by atoms with Crippen LogP contribution in [0.5, 0.6) is 0 Å². The number of hydrogen-bond acceptors (Lipinski definition) is 5. The second-order valence-electron chi connectivity index (χ2n) is 5.95. The van der Waals surface area contributed by atoms with Gasteiger partial charge in [0.25, 0.3) is 0 Å². The van der Waals surface area contributed by atoms with Gasteiger partial charge in [0.05, 0.1) is 28.9 Å². The topological polar surface area (TPSA) is 76.9 Å². The molecule has 0 amide bonds. The van der Waals surface area contributed by atoms with E-state index in [1.54, 1.807) is 28.9 Å². The average molecular weight is 308 g/mol.